The fourth-order valence-electron chi connectivity index (χ4n) is 2.72. The minimum atomic E-state index is -1.04. The fraction of sp³-hybridized carbons (Fsp3) is 0.353. The van der Waals surface area contributed by atoms with Crippen LogP contribution in [0, 0.1) is 5.82 Å². The van der Waals surface area contributed by atoms with Crippen LogP contribution in [0.1, 0.15) is 35.9 Å². The Bertz CT molecular complexity index is 734. The molecule has 2 N–H and O–H groups in total. The number of aliphatic hydroxyl groups is 1. The molecule has 3 rings (SSSR count). The van der Waals surface area contributed by atoms with Crippen LogP contribution >= 0.6 is 22.9 Å². The van der Waals surface area contributed by atoms with Crippen LogP contribution in [-0.4, -0.2) is 23.1 Å². The maximum absolute atomic E-state index is 13.2. The third kappa shape index (κ3) is 3.57. The van der Waals surface area contributed by atoms with Gasteiger partial charge in [-0.05, 0) is 37.6 Å². The molecule has 1 aromatic carbocycles. The van der Waals surface area contributed by atoms with Gasteiger partial charge >= 0.3 is 0 Å². The molecule has 1 aromatic heterocycles. The van der Waals surface area contributed by atoms with E-state index >= 15 is 0 Å². The summed E-state index contributed by atoms with van der Waals surface area (Å²) in [4.78, 5) is 5.74. The number of halogens is 2. The minimum absolute atomic E-state index is 0.301. The molecular formula is C17H18ClFN2OS. The lowest BCUT2D eigenvalue weighted by Gasteiger charge is -2.32. The van der Waals surface area contributed by atoms with E-state index in [0.29, 0.717) is 6.54 Å². The number of amidine groups is 1. The number of fused-ring (bicyclic) bond motifs is 1. The summed E-state index contributed by atoms with van der Waals surface area (Å²) in [6, 6.07) is 7.63. The van der Waals surface area contributed by atoms with E-state index in [1.165, 1.54) is 17.0 Å². The first-order chi connectivity index (χ1) is 10.8. The molecule has 2 heterocycles. The van der Waals surface area contributed by atoms with E-state index in [-0.39, 0.29) is 5.82 Å². The van der Waals surface area contributed by atoms with E-state index in [2.05, 4.69) is 10.3 Å². The maximum Gasteiger partial charge on any atom is 0.130 e. The number of nitrogens with one attached hydrogen (secondary N) is 1. The van der Waals surface area contributed by atoms with Crippen LogP contribution in [0.4, 0.5) is 4.39 Å². The van der Waals surface area contributed by atoms with Gasteiger partial charge in [0.1, 0.15) is 11.7 Å². The Morgan fingerprint density at radius 2 is 2.04 bits per heavy atom. The van der Waals surface area contributed by atoms with Crippen LogP contribution in [0.5, 0.6) is 0 Å². The number of hydrogen-bond acceptors (Lipinski definition) is 4. The first-order valence-electron chi connectivity index (χ1n) is 7.42. The quantitative estimate of drug-likeness (QED) is 0.878. The zero-order valence-corrected chi connectivity index (χ0v) is 14.5. The van der Waals surface area contributed by atoms with Crippen molar-refractivity contribution in [2.75, 3.05) is 6.54 Å². The molecule has 0 saturated heterocycles. The molecule has 0 fully saturated rings. The third-order valence-electron chi connectivity index (χ3n) is 3.83. The summed E-state index contributed by atoms with van der Waals surface area (Å²) in [5.41, 5.74) is 0.746. The van der Waals surface area contributed by atoms with E-state index in [4.69, 9.17) is 11.6 Å². The summed E-state index contributed by atoms with van der Waals surface area (Å²) >= 11 is 7.68. The van der Waals surface area contributed by atoms with Crippen molar-refractivity contribution in [3.63, 3.8) is 0 Å². The standard InChI is InChI=1S/C17H18ClFN2OS/c1-17(2,22)15(10-3-5-11(19)6-4-10)21-16-12-9-14(18)23-13(12)7-8-20-16/h3-6,9,15,22H,7-8H2,1-2H3,(H,20,21)/t15-/m1/s1. The van der Waals surface area contributed by atoms with Crippen molar-refractivity contribution in [1.82, 2.24) is 5.32 Å². The Labute approximate surface area is 143 Å². The van der Waals surface area contributed by atoms with E-state index in [1.807, 2.05) is 6.07 Å². The lowest BCUT2D eigenvalue weighted by atomic mass is 9.91. The molecule has 0 bridgehead atoms. The average Bonchev–Trinajstić information content (AvgIpc) is 2.85. The van der Waals surface area contributed by atoms with Gasteiger partial charge < -0.3 is 10.4 Å². The van der Waals surface area contributed by atoms with Crippen molar-refractivity contribution in [3.8, 4) is 0 Å². The van der Waals surface area contributed by atoms with Crippen molar-refractivity contribution in [3.05, 3.63) is 56.5 Å². The lowest BCUT2D eigenvalue weighted by molar-refractivity contribution is 0.0442. The van der Waals surface area contributed by atoms with Gasteiger partial charge in [0, 0.05) is 23.4 Å². The molecule has 23 heavy (non-hydrogen) atoms. The molecule has 0 amide bonds. The van der Waals surface area contributed by atoms with Crippen LogP contribution in [0.2, 0.25) is 4.34 Å². The number of thiophene rings is 1. The predicted octanol–water partition coefficient (Wildman–Crippen LogP) is 3.95. The molecule has 1 aliphatic rings. The van der Waals surface area contributed by atoms with Crippen molar-refractivity contribution < 1.29 is 9.50 Å². The first kappa shape index (κ1) is 16.4. The van der Waals surface area contributed by atoms with E-state index in [0.717, 1.165) is 27.7 Å². The highest BCUT2D eigenvalue weighted by molar-refractivity contribution is 7.16. The molecule has 1 atom stereocenters. The summed E-state index contributed by atoms with van der Waals surface area (Å²) in [6.45, 7) is 4.13. The SMILES string of the molecule is CC(C)(O)[C@H](NC1=NCCc2sc(Cl)cc21)c1ccc(F)cc1. The van der Waals surface area contributed by atoms with Gasteiger partial charge in [-0.15, -0.1) is 11.3 Å². The summed E-state index contributed by atoms with van der Waals surface area (Å²) < 4.78 is 13.9. The van der Waals surface area contributed by atoms with Gasteiger partial charge in [0.25, 0.3) is 0 Å². The number of nitrogens with zero attached hydrogens (tertiary/aromatic N) is 1. The zero-order valence-electron chi connectivity index (χ0n) is 12.9. The van der Waals surface area contributed by atoms with Gasteiger partial charge in [-0.2, -0.15) is 0 Å². The molecule has 3 nitrogen and oxygen atoms in total. The Hall–Kier alpha value is -1.43. The van der Waals surface area contributed by atoms with Crippen LogP contribution in [0.25, 0.3) is 0 Å². The summed E-state index contributed by atoms with van der Waals surface area (Å²) in [5.74, 6) is 0.427. The normalized spacial score (nSPS) is 15.8. The van der Waals surface area contributed by atoms with Crippen molar-refractivity contribution in [2.45, 2.75) is 31.9 Å². The van der Waals surface area contributed by atoms with Crippen LogP contribution in [0.3, 0.4) is 0 Å². The molecule has 6 heteroatoms. The Morgan fingerprint density at radius 3 is 2.70 bits per heavy atom. The summed E-state index contributed by atoms with van der Waals surface area (Å²) in [6.07, 6.45) is 0.877. The fourth-order valence-corrected chi connectivity index (χ4v) is 3.98. The highest BCUT2D eigenvalue weighted by atomic mass is 35.5. The molecule has 0 saturated carbocycles. The Kier molecular flexibility index (Phi) is 4.45. The van der Waals surface area contributed by atoms with Crippen molar-refractivity contribution >= 4 is 28.8 Å². The molecule has 0 radical (unpaired) electrons. The zero-order chi connectivity index (χ0) is 16.6. The number of hydrogen-bond donors (Lipinski definition) is 2. The van der Waals surface area contributed by atoms with Gasteiger partial charge in [0.05, 0.1) is 16.0 Å². The second kappa shape index (κ2) is 6.23. The molecule has 122 valence electrons. The smallest absolute Gasteiger partial charge is 0.130 e. The van der Waals surface area contributed by atoms with E-state index in [1.54, 1.807) is 37.3 Å². The van der Waals surface area contributed by atoms with Gasteiger partial charge in [-0.1, -0.05) is 23.7 Å². The maximum atomic E-state index is 13.2. The first-order valence-corrected chi connectivity index (χ1v) is 8.61. The average molecular weight is 353 g/mol. The lowest BCUT2D eigenvalue weighted by Crippen LogP contribution is -2.43. The van der Waals surface area contributed by atoms with Gasteiger partial charge in [0.2, 0.25) is 0 Å². The van der Waals surface area contributed by atoms with E-state index in [9.17, 15) is 9.50 Å². The molecule has 0 aliphatic carbocycles. The van der Waals surface area contributed by atoms with Gasteiger partial charge in [0.15, 0.2) is 0 Å². The number of rotatable bonds is 3. The molecular weight excluding hydrogens is 335 g/mol. The summed E-state index contributed by atoms with van der Waals surface area (Å²) in [5, 5.41) is 13.9. The minimum Gasteiger partial charge on any atom is -0.388 e. The second-order valence-corrected chi connectivity index (χ2v) is 7.92. The molecule has 1 aliphatic heterocycles. The summed E-state index contributed by atoms with van der Waals surface area (Å²) in [7, 11) is 0. The third-order valence-corrected chi connectivity index (χ3v) is 5.16. The van der Waals surface area contributed by atoms with E-state index < -0.39 is 11.6 Å². The largest absolute Gasteiger partial charge is 0.388 e. The molecule has 2 aromatic rings. The van der Waals surface area contributed by atoms with Gasteiger partial charge in [-0.25, -0.2) is 4.39 Å². The molecule has 0 unspecified atom stereocenters. The number of aliphatic imine (C=N–C) groups is 1. The predicted molar refractivity (Wildman–Crippen MR) is 93.0 cm³/mol. The van der Waals surface area contributed by atoms with Crippen LogP contribution < -0.4 is 5.32 Å². The van der Waals surface area contributed by atoms with Gasteiger partial charge in [-0.3, -0.25) is 4.99 Å². The van der Waals surface area contributed by atoms with Crippen molar-refractivity contribution in [1.29, 1.82) is 0 Å². The second-order valence-electron chi connectivity index (χ2n) is 6.15. The van der Waals surface area contributed by atoms with Crippen LogP contribution in [-0.2, 0) is 6.42 Å². The highest BCUT2D eigenvalue weighted by Gasteiger charge is 2.31. The number of benzene rings is 1. The molecule has 0 spiro atoms. The monoisotopic (exact) mass is 352 g/mol. The Balaban J connectivity index is 1.93. The Morgan fingerprint density at radius 1 is 1.35 bits per heavy atom. The highest BCUT2D eigenvalue weighted by Crippen LogP contribution is 2.32. The van der Waals surface area contributed by atoms with Crippen LogP contribution in [0.15, 0.2) is 35.3 Å². The topological polar surface area (TPSA) is 44.6 Å². The van der Waals surface area contributed by atoms with Crippen molar-refractivity contribution in [2.24, 2.45) is 4.99 Å².